The first kappa shape index (κ1) is 18.8. The molecule has 0 unspecified atom stereocenters. The number of rotatable bonds is 4. The van der Waals surface area contributed by atoms with Crippen LogP contribution >= 0.6 is 23.2 Å². The van der Waals surface area contributed by atoms with Crippen LogP contribution in [-0.4, -0.2) is 34.4 Å². The zero-order valence-electron chi connectivity index (χ0n) is 13.7. The molecule has 0 aromatic heterocycles. The van der Waals surface area contributed by atoms with Crippen LogP contribution in [0.2, 0.25) is 10.0 Å². The van der Waals surface area contributed by atoms with Gasteiger partial charge in [-0.2, -0.15) is 0 Å². The monoisotopic (exact) mass is 405 g/mol. The number of carbonyl (C=O) groups excluding carboxylic acids is 3. The van der Waals surface area contributed by atoms with E-state index < -0.39 is 24.4 Å². The predicted molar refractivity (Wildman–Crippen MR) is 101 cm³/mol. The van der Waals surface area contributed by atoms with Gasteiger partial charge in [0.05, 0.1) is 0 Å². The topological polar surface area (TPSA) is 98.7 Å². The number of phenolic OH excluding ortho intramolecular Hbond substituents is 1. The number of benzene rings is 2. The Kier molecular flexibility index (Phi) is 5.34. The van der Waals surface area contributed by atoms with Crippen molar-refractivity contribution in [1.82, 2.24) is 10.2 Å². The molecule has 27 heavy (non-hydrogen) atoms. The summed E-state index contributed by atoms with van der Waals surface area (Å²) in [4.78, 5) is 37.3. The number of aromatic hydroxyl groups is 1. The summed E-state index contributed by atoms with van der Waals surface area (Å²) in [5, 5.41) is 15.6. The zero-order chi connectivity index (χ0) is 19.6. The molecule has 0 saturated carbocycles. The number of halogens is 2. The molecule has 3 rings (SSSR count). The summed E-state index contributed by atoms with van der Waals surface area (Å²) >= 11 is 11.6. The van der Waals surface area contributed by atoms with Crippen molar-refractivity contribution >= 4 is 52.8 Å². The molecule has 7 nitrogen and oxygen atoms in total. The van der Waals surface area contributed by atoms with Gasteiger partial charge in [-0.15, -0.1) is 0 Å². The van der Waals surface area contributed by atoms with Gasteiger partial charge in [0.2, 0.25) is 5.91 Å². The lowest BCUT2D eigenvalue weighted by Gasteiger charge is -2.12. The minimum Gasteiger partial charge on any atom is -0.507 e. The maximum Gasteiger partial charge on any atom is 0.329 e. The molecule has 0 aliphatic carbocycles. The standard InChI is InChI=1S/C18H13Cl2N3O4/c19-11-1-4-13(5-2-11)21-16(25)9-23-17(26)14(22-18(23)27)8-10-7-12(20)3-6-15(10)24/h1-8,24H,9H2,(H,21,25)(H,22,27)/b14-8-. The fourth-order valence-electron chi connectivity index (χ4n) is 2.39. The van der Waals surface area contributed by atoms with Crippen LogP contribution in [0, 0.1) is 0 Å². The van der Waals surface area contributed by atoms with Gasteiger partial charge in [-0.1, -0.05) is 23.2 Å². The third-order valence-corrected chi connectivity index (χ3v) is 4.17. The van der Waals surface area contributed by atoms with E-state index in [1.165, 1.54) is 24.3 Å². The van der Waals surface area contributed by atoms with Crippen LogP contribution in [0.15, 0.2) is 48.2 Å². The number of nitrogens with zero attached hydrogens (tertiary/aromatic N) is 1. The molecule has 1 heterocycles. The molecule has 0 atom stereocenters. The molecule has 2 aromatic rings. The van der Waals surface area contributed by atoms with E-state index in [1.807, 2.05) is 0 Å². The fourth-order valence-corrected chi connectivity index (χ4v) is 2.70. The number of nitrogens with one attached hydrogen (secondary N) is 2. The minimum absolute atomic E-state index is 0.0724. The Morgan fingerprint density at radius 2 is 1.78 bits per heavy atom. The van der Waals surface area contributed by atoms with E-state index >= 15 is 0 Å². The Labute approximate surface area is 164 Å². The van der Waals surface area contributed by atoms with Crippen LogP contribution in [0.25, 0.3) is 6.08 Å². The summed E-state index contributed by atoms with van der Waals surface area (Å²) in [6, 6.07) is 9.96. The largest absolute Gasteiger partial charge is 0.507 e. The lowest BCUT2D eigenvalue weighted by molar-refractivity contribution is -0.127. The molecule has 0 radical (unpaired) electrons. The van der Waals surface area contributed by atoms with Crippen molar-refractivity contribution in [3.63, 3.8) is 0 Å². The van der Waals surface area contributed by atoms with Gasteiger partial charge in [-0.25, -0.2) is 9.69 Å². The van der Waals surface area contributed by atoms with Crippen LogP contribution < -0.4 is 10.6 Å². The van der Waals surface area contributed by atoms with Crippen LogP contribution in [0.4, 0.5) is 10.5 Å². The van der Waals surface area contributed by atoms with Gasteiger partial charge in [0, 0.05) is 21.3 Å². The molecule has 2 aromatic carbocycles. The van der Waals surface area contributed by atoms with Gasteiger partial charge in [-0.05, 0) is 48.5 Å². The number of anilines is 1. The molecular formula is C18H13Cl2N3O4. The first-order chi connectivity index (χ1) is 12.8. The Hall–Kier alpha value is -3.03. The average Bonchev–Trinajstić information content (AvgIpc) is 2.87. The molecule has 1 aliphatic heterocycles. The molecule has 138 valence electrons. The molecule has 4 amide bonds. The number of carbonyl (C=O) groups is 3. The van der Waals surface area contributed by atoms with Crippen LogP contribution in [0.3, 0.4) is 0 Å². The normalized spacial score (nSPS) is 15.2. The van der Waals surface area contributed by atoms with E-state index in [9.17, 15) is 19.5 Å². The molecule has 0 bridgehead atoms. The first-order valence-corrected chi connectivity index (χ1v) is 8.47. The van der Waals surface area contributed by atoms with Crippen molar-refractivity contribution in [3.8, 4) is 5.75 Å². The number of imide groups is 1. The van der Waals surface area contributed by atoms with Crippen molar-refractivity contribution in [2.24, 2.45) is 0 Å². The molecule has 1 saturated heterocycles. The summed E-state index contributed by atoms with van der Waals surface area (Å²) in [7, 11) is 0. The highest BCUT2D eigenvalue weighted by molar-refractivity contribution is 6.31. The maximum atomic E-state index is 12.4. The van der Waals surface area contributed by atoms with Crippen molar-refractivity contribution in [3.05, 3.63) is 63.8 Å². The highest BCUT2D eigenvalue weighted by Gasteiger charge is 2.35. The van der Waals surface area contributed by atoms with Crippen molar-refractivity contribution in [2.75, 3.05) is 11.9 Å². The van der Waals surface area contributed by atoms with E-state index in [2.05, 4.69) is 10.6 Å². The number of amides is 4. The fraction of sp³-hybridized carbons (Fsp3) is 0.0556. The van der Waals surface area contributed by atoms with E-state index in [0.29, 0.717) is 15.7 Å². The Bertz CT molecular complexity index is 958. The first-order valence-electron chi connectivity index (χ1n) is 7.72. The maximum absolute atomic E-state index is 12.4. The van der Waals surface area contributed by atoms with Crippen LogP contribution in [0.5, 0.6) is 5.75 Å². The number of hydrogen-bond acceptors (Lipinski definition) is 4. The Morgan fingerprint density at radius 1 is 1.11 bits per heavy atom. The van der Waals surface area contributed by atoms with Crippen molar-refractivity contribution in [2.45, 2.75) is 0 Å². The van der Waals surface area contributed by atoms with Crippen molar-refractivity contribution < 1.29 is 19.5 Å². The second-order valence-corrected chi connectivity index (χ2v) is 6.51. The summed E-state index contributed by atoms with van der Waals surface area (Å²) < 4.78 is 0. The predicted octanol–water partition coefficient (Wildman–Crippen LogP) is 3.23. The van der Waals surface area contributed by atoms with Gasteiger partial charge in [0.1, 0.15) is 18.0 Å². The zero-order valence-corrected chi connectivity index (χ0v) is 15.2. The quantitative estimate of drug-likeness (QED) is 0.536. The molecule has 3 N–H and O–H groups in total. The number of urea groups is 1. The second-order valence-electron chi connectivity index (χ2n) is 5.64. The minimum atomic E-state index is -0.737. The number of hydrogen-bond donors (Lipinski definition) is 3. The van der Waals surface area contributed by atoms with Crippen molar-refractivity contribution in [1.29, 1.82) is 0 Å². The molecular weight excluding hydrogens is 393 g/mol. The highest BCUT2D eigenvalue weighted by Crippen LogP contribution is 2.25. The van der Waals surface area contributed by atoms with Crippen LogP contribution in [0.1, 0.15) is 5.56 Å². The number of phenols is 1. The van der Waals surface area contributed by atoms with E-state index in [0.717, 1.165) is 4.90 Å². The van der Waals surface area contributed by atoms with Gasteiger partial charge < -0.3 is 15.7 Å². The van der Waals surface area contributed by atoms with Gasteiger partial charge in [0.15, 0.2) is 0 Å². The van der Waals surface area contributed by atoms with Gasteiger partial charge >= 0.3 is 6.03 Å². The second kappa shape index (κ2) is 7.69. The Morgan fingerprint density at radius 3 is 2.48 bits per heavy atom. The average molecular weight is 406 g/mol. The summed E-state index contributed by atoms with van der Waals surface area (Å²) in [6.07, 6.45) is 1.29. The smallest absolute Gasteiger partial charge is 0.329 e. The van der Waals surface area contributed by atoms with Gasteiger partial charge in [0.25, 0.3) is 5.91 Å². The van der Waals surface area contributed by atoms with Crippen LogP contribution in [-0.2, 0) is 9.59 Å². The van der Waals surface area contributed by atoms with E-state index in [4.69, 9.17) is 23.2 Å². The lowest BCUT2D eigenvalue weighted by Crippen LogP contribution is -2.38. The molecule has 9 heteroatoms. The Balaban J connectivity index is 1.72. The summed E-state index contributed by atoms with van der Waals surface area (Å²) in [5.74, 6) is -1.34. The van der Waals surface area contributed by atoms with E-state index in [1.54, 1.807) is 24.3 Å². The molecule has 0 spiro atoms. The van der Waals surface area contributed by atoms with Gasteiger partial charge in [-0.3, -0.25) is 9.59 Å². The third kappa shape index (κ3) is 4.39. The van der Waals surface area contributed by atoms with E-state index in [-0.39, 0.29) is 17.0 Å². The third-order valence-electron chi connectivity index (χ3n) is 3.68. The highest BCUT2D eigenvalue weighted by atomic mass is 35.5. The molecule has 1 aliphatic rings. The summed E-state index contributed by atoms with van der Waals surface area (Å²) in [5.41, 5.74) is 0.673. The summed E-state index contributed by atoms with van der Waals surface area (Å²) in [6.45, 7) is -0.466. The molecule has 1 fully saturated rings. The lowest BCUT2D eigenvalue weighted by atomic mass is 10.1. The SMILES string of the molecule is O=C(CN1C(=O)N/C(=C\c2cc(Cl)ccc2O)C1=O)Nc1ccc(Cl)cc1.